The van der Waals surface area contributed by atoms with Gasteiger partial charge >= 0.3 is 5.97 Å². The van der Waals surface area contributed by atoms with Crippen LogP contribution in [0.2, 0.25) is 0 Å². The van der Waals surface area contributed by atoms with E-state index in [1.165, 1.54) is 6.07 Å². The summed E-state index contributed by atoms with van der Waals surface area (Å²) in [6.07, 6.45) is 0. The number of para-hydroxylation sites is 1. The molecule has 1 heterocycles. The molecule has 0 aliphatic carbocycles. The van der Waals surface area contributed by atoms with Crippen molar-refractivity contribution in [2.75, 3.05) is 11.9 Å². The van der Waals surface area contributed by atoms with E-state index < -0.39 is 5.97 Å². The molecule has 0 saturated carbocycles. The van der Waals surface area contributed by atoms with Crippen molar-refractivity contribution in [2.24, 2.45) is 0 Å². The maximum absolute atomic E-state index is 11.8. The van der Waals surface area contributed by atoms with Crippen molar-refractivity contribution < 1.29 is 9.53 Å². The largest absolute Gasteiger partial charge is 0.462 e. The van der Waals surface area contributed by atoms with Crippen LogP contribution in [0.25, 0.3) is 0 Å². The van der Waals surface area contributed by atoms with Gasteiger partial charge in [0, 0.05) is 11.8 Å². The molecule has 0 radical (unpaired) electrons. The lowest BCUT2D eigenvalue weighted by atomic mass is 10.2. The quantitative estimate of drug-likeness (QED) is 0.832. The smallest absolute Gasteiger partial charge is 0.340 e. The first-order valence-electron chi connectivity index (χ1n) is 6.21. The molecule has 1 aromatic heterocycles. The highest BCUT2D eigenvalue weighted by Gasteiger charge is 2.12. The number of aryl methyl sites for hydroxylation is 1. The number of aromatic amines is 1. The number of rotatable bonds is 4. The summed E-state index contributed by atoms with van der Waals surface area (Å²) in [5, 5.41) is 2.93. The second-order valence-electron chi connectivity index (χ2n) is 4.13. The summed E-state index contributed by atoms with van der Waals surface area (Å²) in [6, 6.07) is 8.27. The standard InChI is InChI=1S/C14H15N3O3/c1-3-20-13(19)10-6-4-5-7-11(10)16-14-15-9(2)8-12(18)17-14/h4-8H,3H2,1-2H3,(H2,15,16,17,18). The van der Waals surface area contributed by atoms with Crippen molar-refractivity contribution in [3.8, 4) is 0 Å². The predicted octanol–water partition coefficient (Wildman–Crippen LogP) is 2.00. The van der Waals surface area contributed by atoms with Crippen molar-refractivity contribution in [1.82, 2.24) is 9.97 Å². The Labute approximate surface area is 115 Å². The van der Waals surface area contributed by atoms with Gasteiger partial charge in [0.05, 0.1) is 17.9 Å². The van der Waals surface area contributed by atoms with Crippen LogP contribution in [-0.2, 0) is 4.74 Å². The van der Waals surface area contributed by atoms with Gasteiger partial charge in [-0.1, -0.05) is 12.1 Å². The number of H-pyrrole nitrogens is 1. The van der Waals surface area contributed by atoms with Gasteiger partial charge in [-0.15, -0.1) is 0 Å². The average Bonchev–Trinajstić information content (AvgIpc) is 2.38. The molecule has 1 aromatic carbocycles. The molecule has 2 N–H and O–H groups in total. The number of hydrogen-bond acceptors (Lipinski definition) is 5. The first-order valence-corrected chi connectivity index (χ1v) is 6.21. The van der Waals surface area contributed by atoms with Gasteiger partial charge in [0.2, 0.25) is 5.95 Å². The zero-order valence-corrected chi connectivity index (χ0v) is 11.3. The molecule has 0 atom stereocenters. The fraction of sp³-hybridized carbons (Fsp3) is 0.214. The van der Waals surface area contributed by atoms with E-state index in [1.54, 1.807) is 38.1 Å². The highest BCUT2D eigenvalue weighted by molar-refractivity contribution is 5.96. The molecule has 0 unspecified atom stereocenters. The Morgan fingerprint density at radius 2 is 2.15 bits per heavy atom. The Hall–Kier alpha value is -2.63. The molecular formula is C14H15N3O3. The number of hydrogen-bond donors (Lipinski definition) is 2. The molecule has 0 spiro atoms. The second kappa shape index (κ2) is 6.01. The number of carbonyl (C=O) groups is 1. The molecule has 6 nitrogen and oxygen atoms in total. The van der Waals surface area contributed by atoms with E-state index in [0.29, 0.717) is 23.6 Å². The van der Waals surface area contributed by atoms with Crippen LogP contribution in [0.15, 0.2) is 35.1 Å². The number of aromatic nitrogens is 2. The zero-order chi connectivity index (χ0) is 14.5. The number of carbonyl (C=O) groups excluding carboxylic acids is 1. The molecule has 2 aromatic rings. The summed E-state index contributed by atoms with van der Waals surface area (Å²) in [5.41, 5.74) is 1.25. The number of benzene rings is 1. The molecule has 0 amide bonds. The minimum atomic E-state index is -0.425. The van der Waals surface area contributed by atoms with E-state index in [2.05, 4.69) is 15.3 Å². The lowest BCUT2D eigenvalue weighted by molar-refractivity contribution is 0.0527. The lowest BCUT2D eigenvalue weighted by Crippen LogP contribution is -2.13. The highest BCUT2D eigenvalue weighted by atomic mass is 16.5. The van der Waals surface area contributed by atoms with Crippen LogP contribution in [0.5, 0.6) is 0 Å². The van der Waals surface area contributed by atoms with Crippen LogP contribution < -0.4 is 10.9 Å². The summed E-state index contributed by atoms with van der Waals surface area (Å²) in [4.78, 5) is 30.0. The van der Waals surface area contributed by atoms with Gasteiger partial charge in [0.15, 0.2) is 0 Å². The SMILES string of the molecule is CCOC(=O)c1ccccc1Nc1nc(C)cc(=O)[nH]1. The molecule has 0 aliphatic heterocycles. The molecule has 20 heavy (non-hydrogen) atoms. The number of ether oxygens (including phenoxy) is 1. The van der Waals surface area contributed by atoms with Crippen LogP contribution >= 0.6 is 0 Å². The molecule has 0 aliphatic rings. The molecule has 104 valence electrons. The molecule has 0 bridgehead atoms. The topological polar surface area (TPSA) is 84.1 Å². The second-order valence-corrected chi connectivity index (χ2v) is 4.13. The first-order chi connectivity index (χ1) is 9.60. The normalized spacial score (nSPS) is 10.1. The van der Waals surface area contributed by atoms with Gasteiger partial charge in [0.1, 0.15) is 0 Å². The molecule has 0 saturated heterocycles. The third kappa shape index (κ3) is 3.23. The van der Waals surface area contributed by atoms with E-state index in [9.17, 15) is 9.59 Å². The van der Waals surface area contributed by atoms with Gasteiger partial charge in [-0.3, -0.25) is 9.78 Å². The van der Waals surface area contributed by atoms with Crippen molar-refractivity contribution in [2.45, 2.75) is 13.8 Å². The third-order valence-corrected chi connectivity index (χ3v) is 2.55. The number of esters is 1. The summed E-state index contributed by atoms with van der Waals surface area (Å²) in [5.74, 6) is -0.141. The Bertz CT molecular complexity index is 679. The van der Waals surface area contributed by atoms with Crippen LogP contribution in [-0.4, -0.2) is 22.5 Å². The number of anilines is 2. The Morgan fingerprint density at radius 1 is 1.40 bits per heavy atom. The molecule has 0 fully saturated rings. The zero-order valence-electron chi connectivity index (χ0n) is 11.3. The Kier molecular flexibility index (Phi) is 4.14. The lowest BCUT2D eigenvalue weighted by Gasteiger charge is -2.10. The van der Waals surface area contributed by atoms with Crippen molar-refractivity contribution in [3.05, 3.63) is 51.9 Å². The third-order valence-electron chi connectivity index (χ3n) is 2.55. The maximum Gasteiger partial charge on any atom is 0.340 e. The Morgan fingerprint density at radius 3 is 2.85 bits per heavy atom. The number of nitrogens with zero attached hydrogens (tertiary/aromatic N) is 1. The predicted molar refractivity (Wildman–Crippen MR) is 75.3 cm³/mol. The fourth-order valence-corrected chi connectivity index (χ4v) is 1.74. The van der Waals surface area contributed by atoms with Gasteiger partial charge < -0.3 is 10.1 Å². The fourth-order valence-electron chi connectivity index (χ4n) is 1.74. The maximum atomic E-state index is 11.8. The average molecular weight is 273 g/mol. The van der Waals surface area contributed by atoms with Gasteiger partial charge in [0.25, 0.3) is 5.56 Å². The van der Waals surface area contributed by atoms with Crippen molar-refractivity contribution in [3.63, 3.8) is 0 Å². The molecule has 6 heteroatoms. The Balaban J connectivity index is 2.33. The van der Waals surface area contributed by atoms with Crippen molar-refractivity contribution >= 4 is 17.6 Å². The summed E-state index contributed by atoms with van der Waals surface area (Å²) >= 11 is 0. The van der Waals surface area contributed by atoms with Gasteiger partial charge in [-0.05, 0) is 26.0 Å². The summed E-state index contributed by atoms with van der Waals surface area (Å²) in [6.45, 7) is 3.76. The van der Waals surface area contributed by atoms with E-state index in [0.717, 1.165) is 0 Å². The van der Waals surface area contributed by atoms with Crippen LogP contribution in [0.1, 0.15) is 23.0 Å². The van der Waals surface area contributed by atoms with Crippen LogP contribution in [0.4, 0.5) is 11.6 Å². The highest BCUT2D eigenvalue weighted by Crippen LogP contribution is 2.19. The van der Waals surface area contributed by atoms with E-state index in [-0.39, 0.29) is 11.5 Å². The monoisotopic (exact) mass is 273 g/mol. The van der Waals surface area contributed by atoms with Gasteiger partial charge in [-0.2, -0.15) is 0 Å². The van der Waals surface area contributed by atoms with Gasteiger partial charge in [-0.25, -0.2) is 9.78 Å². The van der Waals surface area contributed by atoms with Crippen LogP contribution in [0.3, 0.4) is 0 Å². The molecule has 2 rings (SSSR count). The van der Waals surface area contributed by atoms with E-state index in [1.807, 2.05) is 0 Å². The minimum absolute atomic E-state index is 0.256. The van der Waals surface area contributed by atoms with Crippen LogP contribution in [0, 0.1) is 6.92 Å². The summed E-state index contributed by atoms with van der Waals surface area (Å²) < 4.78 is 4.98. The van der Waals surface area contributed by atoms with E-state index >= 15 is 0 Å². The van der Waals surface area contributed by atoms with Crippen molar-refractivity contribution in [1.29, 1.82) is 0 Å². The summed E-state index contributed by atoms with van der Waals surface area (Å²) in [7, 11) is 0. The van der Waals surface area contributed by atoms with E-state index in [4.69, 9.17) is 4.74 Å². The molecular weight excluding hydrogens is 258 g/mol. The first kappa shape index (κ1) is 13.8. The minimum Gasteiger partial charge on any atom is -0.462 e. The number of nitrogens with one attached hydrogen (secondary N) is 2.